The lowest BCUT2D eigenvalue weighted by Gasteiger charge is -2.33. The number of nitrogens with zero attached hydrogens (tertiary/aromatic N) is 7. The fraction of sp³-hybridized carbons (Fsp3) is 0.200. The van der Waals surface area contributed by atoms with E-state index in [4.69, 9.17) is 10.1 Å². The highest BCUT2D eigenvalue weighted by molar-refractivity contribution is 6.02. The average Bonchev–Trinajstić information content (AvgIpc) is 3.75. The van der Waals surface area contributed by atoms with E-state index in [1.54, 1.807) is 12.4 Å². The number of aromatic amines is 1. The second kappa shape index (κ2) is 8.22. The van der Waals surface area contributed by atoms with Crippen LogP contribution in [0, 0.1) is 0 Å². The molecule has 8 heteroatoms. The fourth-order valence-corrected chi connectivity index (χ4v) is 6.32. The van der Waals surface area contributed by atoms with Crippen LogP contribution in [0.4, 0.5) is 5.69 Å². The Hall–Kier alpha value is -4.56. The first-order chi connectivity index (χ1) is 18.7. The zero-order valence-corrected chi connectivity index (χ0v) is 21.0. The number of rotatable bonds is 4. The molecule has 6 heterocycles. The van der Waals surface area contributed by atoms with Gasteiger partial charge in [-0.1, -0.05) is 24.3 Å². The van der Waals surface area contributed by atoms with Gasteiger partial charge in [0.15, 0.2) is 5.65 Å². The topological polar surface area (TPSA) is 78.2 Å². The van der Waals surface area contributed by atoms with Crippen LogP contribution in [0.25, 0.3) is 50.2 Å². The fourth-order valence-electron chi connectivity index (χ4n) is 6.32. The van der Waals surface area contributed by atoms with Crippen molar-refractivity contribution in [2.24, 2.45) is 0 Å². The number of anilines is 1. The molecule has 0 radical (unpaired) electrons. The van der Waals surface area contributed by atoms with Crippen LogP contribution >= 0.6 is 0 Å². The van der Waals surface area contributed by atoms with Crippen molar-refractivity contribution < 1.29 is 0 Å². The molecule has 2 aliphatic heterocycles. The van der Waals surface area contributed by atoms with E-state index in [9.17, 15) is 0 Å². The number of hydrogen-bond donors (Lipinski definition) is 1. The maximum absolute atomic E-state index is 5.15. The molecular weight excluding hydrogens is 472 g/mol. The molecule has 2 fully saturated rings. The Morgan fingerprint density at radius 2 is 1.74 bits per heavy atom. The van der Waals surface area contributed by atoms with Crippen LogP contribution in [0.3, 0.4) is 0 Å². The lowest BCUT2D eigenvalue weighted by atomic mass is 9.99. The molecule has 2 unspecified atom stereocenters. The van der Waals surface area contributed by atoms with Crippen molar-refractivity contribution in [3.8, 4) is 33.6 Å². The van der Waals surface area contributed by atoms with E-state index in [0.717, 1.165) is 63.3 Å². The number of H-pyrrole nitrogens is 1. The Balaban J connectivity index is 1.28. The third-order valence-electron chi connectivity index (χ3n) is 8.24. The summed E-state index contributed by atoms with van der Waals surface area (Å²) in [5, 5.41) is 13.6. The van der Waals surface area contributed by atoms with Crippen LogP contribution in [-0.4, -0.2) is 66.9 Å². The van der Waals surface area contributed by atoms with Crippen LogP contribution in [0.1, 0.15) is 6.42 Å². The molecule has 6 aromatic rings. The van der Waals surface area contributed by atoms with E-state index < -0.39 is 0 Å². The molecule has 2 bridgehead atoms. The van der Waals surface area contributed by atoms with Crippen LogP contribution in [0.15, 0.2) is 85.5 Å². The molecule has 2 aromatic carbocycles. The van der Waals surface area contributed by atoms with Crippen molar-refractivity contribution in [1.29, 1.82) is 0 Å². The van der Waals surface area contributed by atoms with Gasteiger partial charge in [0.25, 0.3) is 0 Å². The molecule has 38 heavy (non-hydrogen) atoms. The Kier molecular flexibility index (Phi) is 4.66. The number of likely N-dealkylation sites (N-methyl/N-ethyl adjacent to an activating group) is 1. The summed E-state index contributed by atoms with van der Waals surface area (Å²) in [5.41, 5.74) is 9.11. The van der Waals surface area contributed by atoms with E-state index in [1.165, 1.54) is 12.1 Å². The first kappa shape index (κ1) is 21.5. The van der Waals surface area contributed by atoms with Crippen LogP contribution in [0.2, 0.25) is 0 Å². The van der Waals surface area contributed by atoms with Crippen molar-refractivity contribution in [1.82, 2.24) is 34.7 Å². The Morgan fingerprint density at radius 3 is 2.53 bits per heavy atom. The summed E-state index contributed by atoms with van der Waals surface area (Å²) in [7, 11) is 2.24. The van der Waals surface area contributed by atoms with Crippen molar-refractivity contribution in [3.05, 3.63) is 85.5 Å². The maximum Gasteiger partial charge on any atom is 0.164 e. The first-order valence-electron chi connectivity index (χ1n) is 13.0. The standard InChI is InChI=1S/C30H26N8/c1-36-17-23-15-22(36)18-37(23)21-7-5-19(6-8-21)27-11-14-32-30-28(24-3-2-4-26-25(24)16-33-34-26)29(35-38(27)30)20-9-12-31-13-10-20/h2-14,16,22-23H,15,17-18H2,1H3,(H,33,34). The second-order valence-electron chi connectivity index (χ2n) is 10.3. The normalized spacial score (nSPS) is 19.2. The predicted octanol–water partition coefficient (Wildman–Crippen LogP) is 4.89. The smallest absolute Gasteiger partial charge is 0.164 e. The predicted molar refractivity (Wildman–Crippen MR) is 149 cm³/mol. The average molecular weight is 499 g/mol. The van der Waals surface area contributed by atoms with Crippen molar-refractivity contribution in [2.75, 3.05) is 25.0 Å². The first-order valence-corrected chi connectivity index (χ1v) is 13.0. The number of benzene rings is 2. The third-order valence-corrected chi connectivity index (χ3v) is 8.24. The number of nitrogens with one attached hydrogen (secondary N) is 1. The lowest BCUT2D eigenvalue weighted by molar-refractivity contribution is 0.292. The van der Waals surface area contributed by atoms with Gasteiger partial charge in [0.05, 0.1) is 23.0 Å². The van der Waals surface area contributed by atoms with E-state index in [0.29, 0.717) is 12.1 Å². The van der Waals surface area contributed by atoms with Gasteiger partial charge in [-0.05, 0) is 55.4 Å². The summed E-state index contributed by atoms with van der Waals surface area (Å²) in [5.74, 6) is 0. The van der Waals surface area contributed by atoms with Crippen LogP contribution < -0.4 is 4.90 Å². The number of piperazine rings is 1. The monoisotopic (exact) mass is 498 g/mol. The van der Waals surface area contributed by atoms with E-state index in [1.807, 2.05) is 47.2 Å². The molecular formula is C30H26N8. The molecule has 0 spiro atoms. The zero-order chi connectivity index (χ0) is 25.2. The van der Waals surface area contributed by atoms with Gasteiger partial charge in [-0.2, -0.15) is 10.2 Å². The summed E-state index contributed by atoms with van der Waals surface area (Å²) in [6, 6.07) is 22.4. The molecule has 0 aliphatic carbocycles. The third kappa shape index (κ3) is 3.20. The summed E-state index contributed by atoms with van der Waals surface area (Å²) >= 11 is 0. The molecule has 2 aliphatic rings. The van der Waals surface area contributed by atoms with Crippen molar-refractivity contribution in [2.45, 2.75) is 18.5 Å². The van der Waals surface area contributed by atoms with Crippen LogP contribution in [-0.2, 0) is 0 Å². The molecule has 186 valence electrons. The Labute approximate surface area is 219 Å². The summed E-state index contributed by atoms with van der Waals surface area (Å²) in [4.78, 5) is 14.1. The minimum absolute atomic E-state index is 0.616. The van der Waals surface area contributed by atoms with Gasteiger partial charge >= 0.3 is 0 Å². The minimum Gasteiger partial charge on any atom is -0.366 e. The van der Waals surface area contributed by atoms with Gasteiger partial charge in [0.1, 0.15) is 5.69 Å². The highest BCUT2D eigenvalue weighted by Crippen LogP contribution is 2.39. The molecule has 1 N–H and O–H groups in total. The molecule has 4 aromatic heterocycles. The van der Waals surface area contributed by atoms with E-state index >= 15 is 0 Å². The number of aromatic nitrogens is 6. The molecule has 8 rings (SSSR count). The summed E-state index contributed by atoms with van der Waals surface area (Å²) in [6.07, 6.45) is 8.62. The highest BCUT2D eigenvalue weighted by Gasteiger charge is 2.41. The summed E-state index contributed by atoms with van der Waals surface area (Å²) in [6.45, 7) is 2.26. The van der Waals surface area contributed by atoms with Crippen molar-refractivity contribution in [3.63, 3.8) is 0 Å². The van der Waals surface area contributed by atoms with Gasteiger partial charge in [-0.25, -0.2) is 9.50 Å². The number of hydrogen-bond acceptors (Lipinski definition) is 6. The zero-order valence-electron chi connectivity index (χ0n) is 21.0. The lowest BCUT2D eigenvalue weighted by Crippen LogP contribution is -2.44. The minimum atomic E-state index is 0.616. The van der Waals surface area contributed by atoms with Gasteiger partial charge < -0.3 is 4.90 Å². The van der Waals surface area contributed by atoms with Gasteiger partial charge in [0.2, 0.25) is 0 Å². The number of pyridine rings is 1. The molecule has 2 saturated heterocycles. The van der Waals surface area contributed by atoms with Crippen LogP contribution in [0.5, 0.6) is 0 Å². The SMILES string of the molecule is CN1CC2CC1CN2c1ccc(-c2ccnc3c(-c4cccc5[nH]ncc45)c(-c4ccncc4)nn23)cc1. The maximum atomic E-state index is 5.15. The van der Waals surface area contributed by atoms with E-state index in [2.05, 4.69) is 62.4 Å². The molecule has 8 nitrogen and oxygen atoms in total. The van der Waals surface area contributed by atoms with Gasteiger partial charge in [-0.15, -0.1) is 0 Å². The molecule has 0 saturated carbocycles. The number of likely N-dealkylation sites (tertiary alicyclic amines) is 1. The molecule has 2 atom stereocenters. The quantitative estimate of drug-likeness (QED) is 0.373. The second-order valence-corrected chi connectivity index (χ2v) is 10.3. The largest absolute Gasteiger partial charge is 0.366 e. The van der Waals surface area contributed by atoms with Gasteiger partial charge in [-0.3, -0.25) is 15.0 Å². The Morgan fingerprint density at radius 1 is 0.868 bits per heavy atom. The van der Waals surface area contributed by atoms with Gasteiger partial charge in [0, 0.05) is 66.0 Å². The Bertz CT molecular complexity index is 1780. The highest BCUT2D eigenvalue weighted by atomic mass is 15.3. The van der Waals surface area contributed by atoms with E-state index in [-0.39, 0.29) is 0 Å². The van der Waals surface area contributed by atoms with Crippen molar-refractivity contribution >= 4 is 22.2 Å². The summed E-state index contributed by atoms with van der Waals surface area (Å²) < 4.78 is 1.98. The molecule has 0 amide bonds. The number of fused-ring (bicyclic) bond motifs is 4.